The normalized spacial score (nSPS) is 15.5. The number of hydrogen-bond donors (Lipinski definition) is 2. The minimum atomic E-state index is -0.691. The van der Waals surface area contributed by atoms with Crippen molar-refractivity contribution in [3.05, 3.63) is 95.1 Å². The number of likely N-dealkylation sites (tertiary alicyclic amines) is 1. The Bertz CT molecular complexity index is 1010. The fraction of sp³-hybridized carbons (Fsp3) is 0.269. The van der Waals surface area contributed by atoms with Crippen LogP contribution < -0.4 is 0 Å². The average Bonchev–Trinajstić information content (AvgIpc) is 2.75. The number of nitrogens with zero attached hydrogens (tertiary/aromatic N) is 1. The van der Waals surface area contributed by atoms with Crippen LogP contribution in [-0.2, 0) is 17.8 Å². The molecular weight excluding hydrogens is 390 g/mol. The smallest absolute Gasteiger partial charge is 0.309 e. The number of aliphatic carboxylic acids is 1. The lowest BCUT2D eigenvalue weighted by molar-refractivity contribution is -0.147. The predicted octanol–water partition coefficient (Wildman–Crippen LogP) is 5.45. The molecular formula is C26H27NO2S. The maximum Gasteiger partial charge on any atom is 0.309 e. The Balaban J connectivity index is 1.46. The van der Waals surface area contributed by atoms with Gasteiger partial charge < -0.3 is 5.11 Å². The molecule has 0 spiro atoms. The fourth-order valence-corrected chi connectivity index (χ4v) is 4.42. The van der Waals surface area contributed by atoms with Gasteiger partial charge in [-0.1, -0.05) is 79.7 Å². The van der Waals surface area contributed by atoms with E-state index in [1.165, 1.54) is 33.4 Å². The van der Waals surface area contributed by atoms with Crippen LogP contribution in [-0.4, -0.2) is 29.1 Å². The van der Waals surface area contributed by atoms with Gasteiger partial charge in [-0.25, -0.2) is 0 Å². The van der Waals surface area contributed by atoms with Gasteiger partial charge >= 0.3 is 5.97 Å². The molecule has 1 aliphatic rings. The van der Waals surface area contributed by atoms with Crippen LogP contribution in [0.25, 0.3) is 11.1 Å². The van der Waals surface area contributed by atoms with Crippen molar-refractivity contribution in [3.8, 4) is 11.1 Å². The largest absolute Gasteiger partial charge is 0.481 e. The number of rotatable bonds is 7. The highest BCUT2D eigenvalue weighted by Crippen LogP contribution is 2.33. The second kappa shape index (κ2) is 9.07. The zero-order chi connectivity index (χ0) is 21.1. The summed E-state index contributed by atoms with van der Waals surface area (Å²) in [5, 5.41) is 9.03. The number of carbonyl (C=O) groups is 1. The molecule has 1 fully saturated rings. The van der Waals surface area contributed by atoms with Crippen LogP contribution in [0.5, 0.6) is 0 Å². The lowest BCUT2D eigenvalue weighted by atomic mass is 9.93. The first-order valence-electron chi connectivity index (χ1n) is 10.5. The van der Waals surface area contributed by atoms with Crippen LogP contribution >= 0.6 is 12.6 Å². The van der Waals surface area contributed by atoms with E-state index in [-0.39, 0.29) is 11.2 Å². The quantitative estimate of drug-likeness (QED) is 0.502. The first kappa shape index (κ1) is 20.7. The monoisotopic (exact) mass is 417 g/mol. The first-order valence-corrected chi connectivity index (χ1v) is 11.0. The third-order valence-electron chi connectivity index (χ3n) is 5.92. The Morgan fingerprint density at radius 3 is 2.33 bits per heavy atom. The first-order chi connectivity index (χ1) is 14.5. The van der Waals surface area contributed by atoms with E-state index in [0.717, 1.165) is 13.0 Å². The summed E-state index contributed by atoms with van der Waals surface area (Å²) in [5.74, 6) is -0.901. The lowest BCUT2D eigenvalue weighted by Crippen LogP contribution is -2.49. The predicted molar refractivity (Wildman–Crippen MR) is 125 cm³/mol. The van der Waals surface area contributed by atoms with Gasteiger partial charge in [0.05, 0.1) is 11.2 Å². The van der Waals surface area contributed by atoms with E-state index < -0.39 is 5.97 Å². The summed E-state index contributed by atoms with van der Waals surface area (Å²) in [5.41, 5.74) is 7.44. The minimum absolute atomic E-state index is 0.0228. The van der Waals surface area contributed by atoms with E-state index in [1.54, 1.807) is 0 Å². The van der Waals surface area contributed by atoms with E-state index in [1.807, 2.05) is 6.07 Å². The summed E-state index contributed by atoms with van der Waals surface area (Å²) in [7, 11) is 0. The second-order valence-electron chi connectivity index (χ2n) is 8.01. The summed E-state index contributed by atoms with van der Waals surface area (Å²) in [6.07, 6.45) is 0.977. The summed E-state index contributed by atoms with van der Waals surface area (Å²) in [4.78, 5) is 13.1. The van der Waals surface area contributed by atoms with E-state index >= 15 is 0 Å². The molecule has 30 heavy (non-hydrogen) atoms. The Hall–Kier alpha value is -2.56. The lowest BCUT2D eigenvalue weighted by Gasteiger charge is -2.36. The van der Waals surface area contributed by atoms with E-state index in [0.29, 0.717) is 13.1 Å². The number of aryl methyl sites for hydroxylation is 1. The highest BCUT2D eigenvalue weighted by molar-refractivity contribution is 7.80. The summed E-state index contributed by atoms with van der Waals surface area (Å²) in [6, 6.07) is 25.7. The highest BCUT2D eigenvalue weighted by Gasteiger charge is 2.32. The average molecular weight is 418 g/mol. The maximum atomic E-state index is 10.9. The van der Waals surface area contributed by atoms with Gasteiger partial charge in [0, 0.05) is 19.6 Å². The zero-order valence-corrected chi connectivity index (χ0v) is 18.1. The van der Waals surface area contributed by atoms with Crippen molar-refractivity contribution in [1.29, 1.82) is 0 Å². The van der Waals surface area contributed by atoms with Gasteiger partial charge in [0.15, 0.2) is 0 Å². The molecule has 1 heterocycles. The fourth-order valence-electron chi connectivity index (χ4n) is 4.09. The molecule has 1 N–H and O–H groups in total. The molecule has 0 aromatic heterocycles. The molecule has 1 saturated heterocycles. The molecule has 4 heteroatoms. The molecule has 0 aliphatic carbocycles. The number of carboxylic acid groups (broad SMARTS) is 1. The number of carboxylic acids is 1. The topological polar surface area (TPSA) is 40.5 Å². The second-order valence-corrected chi connectivity index (χ2v) is 8.53. The van der Waals surface area contributed by atoms with E-state index in [4.69, 9.17) is 17.7 Å². The SMILES string of the molecule is CCc1cc(C(S)c2ccc(CN3CC(C(=O)O)C3)cc2)ccc1-c1ccccc1. The van der Waals surface area contributed by atoms with Crippen molar-refractivity contribution >= 4 is 18.6 Å². The molecule has 0 radical (unpaired) electrons. The molecule has 1 unspecified atom stereocenters. The van der Waals surface area contributed by atoms with Gasteiger partial charge in [0.1, 0.15) is 0 Å². The summed E-state index contributed by atoms with van der Waals surface area (Å²) >= 11 is 4.91. The van der Waals surface area contributed by atoms with Crippen LogP contribution in [0.15, 0.2) is 72.8 Å². The van der Waals surface area contributed by atoms with E-state index in [9.17, 15) is 4.79 Å². The van der Waals surface area contributed by atoms with E-state index in [2.05, 4.69) is 78.6 Å². The maximum absolute atomic E-state index is 10.9. The molecule has 0 bridgehead atoms. The Kier molecular flexibility index (Phi) is 6.26. The molecule has 3 aromatic carbocycles. The van der Waals surface area contributed by atoms with Crippen LogP contribution in [0.1, 0.15) is 34.4 Å². The van der Waals surface area contributed by atoms with Crippen molar-refractivity contribution in [2.24, 2.45) is 5.92 Å². The molecule has 0 amide bonds. The Morgan fingerprint density at radius 2 is 1.70 bits per heavy atom. The van der Waals surface area contributed by atoms with Crippen molar-refractivity contribution in [3.63, 3.8) is 0 Å². The van der Waals surface area contributed by atoms with Gasteiger partial charge in [0.25, 0.3) is 0 Å². The Morgan fingerprint density at radius 1 is 1.03 bits per heavy atom. The molecule has 3 aromatic rings. The summed E-state index contributed by atoms with van der Waals surface area (Å²) < 4.78 is 0. The number of thiol groups is 1. The van der Waals surface area contributed by atoms with Gasteiger partial charge in [-0.3, -0.25) is 9.69 Å². The van der Waals surface area contributed by atoms with Crippen LogP contribution in [0.2, 0.25) is 0 Å². The van der Waals surface area contributed by atoms with Crippen LogP contribution in [0, 0.1) is 5.92 Å². The molecule has 4 rings (SSSR count). The van der Waals surface area contributed by atoms with Crippen LogP contribution in [0.3, 0.4) is 0 Å². The highest BCUT2D eigenvalue weighted by atomic mass is 32.1. The molecule has 0 saturated carbocycles. The Labute approximate surface area is 183 Å². The summed E-state index contributed by atoms with van der Waals surface area (Å²) in [6.45, 7) is 4.27. The third kappa shape index (κ3) is 4.45. The molecule has 3 nitrogen and oxygen atoms in total. The molecule has 1 atom stereocenters. The van der Waals surface area contributed by atoms with Crippen molar-refractivity contribution < 1.29 is 9.90 Å². The van der Waals surface area contributed by atoms with Gasteiger partial charge in [-0.15, -0.1) is 0 Å². The van der Waals surface area contributed by atoms with Gasteiger partial charge in [-0.05, 0) is 39.8 Å². The number of hydrogen-bond acceptors (Lipinski definition) is 3. The molecule has 154 valence electrons. The zero-order valence-electron chi connectivity index (χ0n) is 17.2. The van der Waals surface area contributed by atoms with Crippen molar-refractivity contribution in [2.45, 2.75) is 25.1 Å². The van der Waals surface area contributed by atoms with Crippen LogP contribution in [0.4, 0.5) is 0 Å². The van der Waals surface area contributed by atoms with Crippen molar-refractivity contribution in [2.75, 3.05) is 13.1 Å². The standard InChI is InChI=1S/C26H27NO2S/c1-2-19-14-22(12-13-24(19)20-6-4-3-5-7-20)25(30)21-10-8-18(9-11-21)15-27-16-23(17-27)26(28)29/h3-14,23,25,30H,2,15-17H2,1H3,(H,28,29). The minimum Gasteiger partial charge on any atom is -0.481 e. The molecule has 1 aliphatic heterocycles. The van der Waals surface area contributed by atoms with Gasteiger partial charge in [-0.2, -0.15) is 12.6 Å². The van der Waals surface area contributed by atoms with Crippen molar-refractivity contribution in [1.82, 2.24) is 4.90 Å². The third-order valence-corrected chi connectivity index (χ3v) is 6.52. The number of benzene rings is 3. The van der Waals surface area contributed by atoms with Gasteiger partial charge in [0.2, 0.25) is 0 Å².